The number of furan rings is 1. The average Bonchev–Trinajstić information content (AvgIpc) is 3.10. The van der Waals surface area contributed by atoms with Crippen LogP contribution in [0.2, 0.25) is 5.02 Å². The van der Waals surface area contributed by atoms with Crippen LogP contribution in [-0.4, -0.2) is 17.0 Å². The van der Waals surface area contributed by atoms with Gasteiger partial charge in [0.2, 0.25) is 0 Å². The molecule has 0 spiro atoms. The number of rotatable bonds is 5. The molecule has 0 aliphatic carbocycles. The Bertz CT molecular complexity index is 1030. The number of non-ortho nitro benzene ring substituents is 1. The summed E-state index contributed by atoms with van der Waals surface area (Å²) in [5.41, 5.74) is 3.45. The zero-order chi connectivity index (χ0) is 19.4. The summed E-state index contributed by atoms with van der Waals surface area (Å²) >= 11 is 9.08. The standard InChI is InChI=1S/C18H11BrClN3O4/c19-16-9-13(23(25)26)5-7-15(16)17-8-6-14(27-17)10-21-22-18(24)11-1-3-12(20)4-2-11/h1-10H,(H,22,24)/b21-10-. The van der Waals surface area contributed by atoms with Crippen molar-refractivity contribution in [2.24, 2.45) is 5.10 Å². The Kier molecular flexibility index (Phi) is 5.68. The SMILES string of the molecule is O=C(N/N=C\c1ccc(-c2ccc([N+](=O)[O-])cc2Br)o1)c1ccc(Cl)cc1. The van der Waals surface area contributed by atoms with Gasteiger partial charge in [0.05, 0.1) is 11.1 Å². The Morgan fingerprint density at radius 3 is 2.59 bits per heavy atom. The highest BCUT2D eigenvalue weighted by Crippen LogP contribution is 2.32. The van der Waals surface area contributed by atoms with E-state index < -0.39 is 4.92 Å². The Morgan fingerprint density at radius 2 is 1.93 bits per heavy atom. The van der Waals surface area contributed by atoms with E-state index in [2.05, 4.69) is 26.5 Å². The molecule has 3 rings (SSSR count). The minimum absolute atomic E-state index is 0.0242. The number of nitro benzene ring substituents is 1. The third-order valence-electron chi connectivity index (χ3n) is 3.52. The molecule has 0 aliphatic rings. The average molecular weight is 449 g/mol. The zero-order valence-electron chi connectivity index (χ0n) is 13.6. The van der Waals surface area contributed by atoms with Crippen molar-refractivity contribution in [1.82, 2.24) is 5.43 Å². The molecule has 0 fully saturated rings. The molecule has 27 heavy (non-hydrogen) atoms. The molecule has 9 heteroatoms. The summed E-state index contributed by atoms with van der Waals surface area (Å²) in [6.45, 7) is 0. The van der Waals surface area contributed by atoms with Crippen molar-refractivity contribution < 1.29 is 14.1 Å². The van der Waals surface area contributed by atoms with Gasteiger partial charge in [0.1, 0.15) is 11.5 Å². The lowest BCUT2D eigenvalue weighted by atomic mass is 10.1. The van der Waals surface area contributed by atoms with E-state index in [1.807, 2.05) is 0 Å². The molecule has 0 unspecified atom stereocenters. The molecule has 0 saturated carbocycles. The molecule has 0 atom stereocenters. The van der Waals surface area contributed by atoms with Crippen LogP contribution in [0.1, 0.15) is 16.1 Å². The molecule has 1 heterocycles. The molecule has 0 radical (unpaired) electrons. The van der Waals surface area contributed by atoms with E-state index in [1.54, 1.807) is 42.5 Å². The quantitative estimate of drug-likeness (QED) is 0.336. The van der Waals surface area contributed by atoms with Crippen LogP contribution in [0.5, 0.6) is 0 Å². The minimum atomic E-state index is -0.474. The van der Waals surface area contributed by atoms with Crippen molar-refractivity contribution in [2.45, 2.75) is 0 Å². The van der Waals surface area contributed by atoms with Gasteiger partial charge in [-0.3, -0.25) is 14.9 Å². The fourth-order valence-electron chi connectivity index (χ4n) is 2.20. The van der Waals surface area contributed by atoms with Crippen LogP contribution in [0.3, 0.4) is 0 Å². The summed E-state index contributed by atoms with van der Waals surface area (Å²) in [7, 11) is 0. The fraction of sp³-hybridized carbons (Fsp3) is 0. The number of carbonyl (C=O) groups is 1. The summed E-state index contributed by atoms with van der Waals surface area (Å²) in [6, 6.07) is 14.1. The molecule has 1 aromatic heterocycles. The van der Waals surface area contributed by atoms with Crippen LogP contribution in [-0.2, 0) is 0 Å². The van der Waals surface area contributed by atoms with Crippen molar-refractivity contribution in [3.63, 3.8) is 0 Å². The normalized spacial score (nSPS) is 10.9. The number of amides is 1. The zero-order valence-corrected chi connectivity index (χ0v) is 15.9. The second kappa shape index (κ2) is 8.15. The van der Waals surface area contributed by atoms with Crippen LogP contribution >= 0.6 is 27.5 Å². The Balaban J connectivity index is 1.69. The van der Waals surface area contributed by atoms with E-state index >= 15 is 0 Å². The first-order chi connectivity index (χ1) is 12.9. The molecule has 2 aromatic carbocycles. The Morgan fingerprint density at radius 1 is 1.19 bits per heavy atom. The van der Waals surface area contributed by atoms with Crippen molar-refractivity contribution >= 4 is 45.3 Å². The lowest BCUT2D eigenvalue weighted by molar-refractivity contribution is -0.384. The predicted octanol–water partition coefficient (Wildman–Crippen LogP) is 5.03. The van der Waals surface area contributed by atoms with E-state index in [0.29, 0.717) is 32.1 Å². The monoisotopic (exact) mass is 447 g/mol. The summed E-state index contributed by atoms with van der Waals surface area (Å²) in [4.78, 5) is 22.3. The van der Waals surface area contributed by atoms with Gasteiger partial charge in [-0.15, -0.1) is 0 Å². The number of nitrogens with one attached hydrogen (secondary N) is 1. The highest BCUT2D eigenvalue weighted by atomic mass is 79.9. The molecule has 0 saturated heterocycles. The maximum absolute atomic E-state index is 11.9. The van der Waals surface area contributed by atoms with E-state index in [1.165, 1.54) is 18.3 Å². The van der Waals surface area contributed by atoms with Gasteiger partial charge in [-0.25, -0.2) is 5.43 Å². The highest BCUT2D eigenvalue weighted by molar-refractivity contribution is 9.10. The van der Waals surface area contributed by atoms with Crippen LogP contribution in [0.4, 0.5) is 5.69 Å². The first kappa shape index (κ1) is 18.8. The minimum Gasteiger partial charge on any atom is -0.455 e. The molecular formula is C18H11BrClN3O4. The van der Waals surface area contributed by atoms with E-state index in [0.717, 1.165) is 0 Å². The highest BCUT2D eigenvalue weighted by Gasteiger charge is 2.13. The van der Waals surface area contributed by atoms with Crippen molar-refractivity contribution in [1.29, 1.82) is 0 Å². The van der Waals surface area contributed by atoms with Gasteiger partial charge in [0, 0.05) is 32.8 Å². The number of nitrogens with zero attached hydrogens (tertiary/aromatic N) is 2. The fourth-order valence-corrected chi connectivity index (χ4v) is 2.89. The largest absolute Gasteiger partial charge is 0.455 e. The summed E-state index contributed by atoms with van der Waals surface area (Å²) in [5.74, 6) is 0.529. The van der Waals surface area contributed by atoms with Gasteiger partial charge < -0.3 is 4.42 Å². The van der Waals surface area contributed by atoms with Crippen LogP contribution in [0.25, 0.3) is 11.3 Å². The lowest BCUT2D eigenvalue weighted by Crippen LogP contribution is -2.17. The number of nitro groups is 1. The van der Waals surface area contributed by atoms with Gasteiger partial charge in [0.25, 0.3) is 11.6 Å². The summed E-state index contributed by atoms with van der Waals surface area (Å²) < 4.78 is 6.17. The molecule has 3 aromatic rings. The topological polar surface area (TPSA) is 97.7 Å². The molecule has 0 aliphatic heterocycles. The van der Waals surface area contributed by atoms with Gasteiger partial charge in [-0.2, -0.15) is 5.10 Å². The summed E-state index contributed by atoms with van der Waals surface area (Å²) in [5, 5.41) is 15.2. The maximum Gasteiger partial charge on any atom is 0.271 e. The number of benzene rings is 2. The molecule has 0 bridgehead atoms. The molecule has 7 nitrogen and oxygen atoms in total. The van der Waals surface area contributed by atoms with E-state index in [-0.39, 0.29) is 11.6 Å². The summed E-state index contributed by atoms with van der Waals surface area (Å²) in [6.07, 6.45) is 1.36. The number of hydrogen-bond donors (Lipinski definition) is 1. The molecule has 1 N–H and O–H groups in total. The van der Waals surface area contributed by atoms with E-state index in [4.69, 9.17) is 16.0 Å². The van der Waals surface area contributed by atoms with Crippen LogP contribution in [0.15, 0.2) is 68.6 Å². The van der Waals surface area contributed by atoms with Gasteiger partial charge in [0.15, 0.2) is 0 Å². The Labute approximate surface area is 166 Å². The number of hydrazone groups is 1. The van der Waals surface area contributed by atoms with Gasteiger partial charge in [-0.05, 0) is 58.4 Å². The second-order valence-electron chi connectivity index (χ2n) is 5.33. The van der Waals surface area contributed by atoms with Gasteiger partial charge >= 0.3 is 0 Å². The Hall–Kier alpha value is -2.97. The molecule has 1 amide bonds. The van der Waals surface area contributed by atoms with Gasteiger partial charge in [-0.1, -0.05) is 11.6 Å². The number of hydrogen-bond acceptors (Lipinski definition) is 5. The molecular weight excluding hydrogens is 438 g/mol. The predicted molar refractivity (Wildman–Crippen MR) is 105 cm³/mol. The lowest BCUT2D eigenvalue weighted by Gasteiger charge is -2.01. The van der Waals surface area contributed by atoms with Crippen molar-refractivity contribution in [3.8, 4) is 11.3 Å². The smallest absolute Gasteiger partial charge is 0.271 e. The third kappa shape index (κ3) is 4.60. The van der Waals surface area contributed by atoms with Crippen LogP contribution in [0, 0.1) is 10.1 Å². The molecule has 136 valence electrons. The maximum atomic E-state index is 11.9. The van der Waals surface area contributed by atoms with E-state index in [9.17, 15) is 14.9 Å². The number of halogens is 2. The van der Waals surface area contributed by atoms with Crippen molar-refractivity contribution in [2.75, 3.05) is 0 Å². The first-order valence-corrected chi connectivity index (χ1v) is 8.74. The third-order valence-corrected chi connectivity index (χ3v) is 4.43. The second-order valence-corrected chi connectivity index (χ2v) is 6.62. The van der Waals surface area contributed by atoms with Crippen molar-refractivity contribution in [3.05, 3.63) is 85.5 Å². The first-order valence-electron chi connectivity index (χ1n) is 7.57. The van der Waals surface area contributed by atoms with Crippen LogP contribution < -0.4 is 5.43 Å². The number of carbonyl (C=O) groups excluding carboxylic acids is 1.